The third kappa shape index (κ3) is 3.31. The van der Waals surface area contributed by atoms with Gasteiger partial charge in [-0.05, 0) is 118 Å². The second-order valence-corrected chi connectivity index (χ2v) is 12.1. The van der Waals surface area contributed by atoms with Crippen molar-refractivity contribution in [2.24, 2.45) is 40.4 Å². The standard InChI is InChI=1S/C26H44O2/c1-17(6-7-18(2)27)21-10-11-22-20-9-8-19-16-24(3,28)14-15-25(19,4)23(20)12-13-26(21,22)5/h8,17-18,20-23,27-28H,6-7,9-16H2,1-5H3/t17-,18?,20+,21-,22+,23+,24?,25+,26-/m1/s1. The molecule has 4 aliphatic rings. The molecule has 160 valence electrons. The highest BCUT2D eigenvalue weighted by molar-refractivity contribution is 5.26. The van der Waals surface area contributed by atoms with Crippen molar-refractivity contribution in [2.75, 3.05) is 0 Å². The molecular formula is C26H44O2. The topological polar surface area (TPSA) is 40.5 Å². The van der Waals surface area contributed by atoms with Crippen LogP contribution in [0.1, 0.15) is 98.8 Å². The van der Waals surface area contributed by atoms with Gasteiger partial charge >= 0.3 is 0 Å². The molecule has 3 saturated carbocycles. The molecule has 0 aliphatic heterocycles. The molecule has 0 saturated heterocycles. The normalized spacial score (nSPS) is 50.2. The highest BCUT2D eigenvalue weighted by Crippen LogP contribution is 2.67. The maximum atomic E-state index is 10.6. The molecule has 2 nitrogen and oxygen atoms in total. The third-order valence-electron chi connectivity index (χ3n) is 10.2. The summed E-state index contributed by atoms with van der Waals surface area (Å²) in [6.45, 7) is 11.6. The summed E-state index contributed by atoms with van der Waals surface area (Å²) >= 11 is 0. The minimum absolute atomic E-state index is 0.159. The van der Waals surface area contributed by atoms with Crippen molar-refractivity contribution in [3.63, 3.8) is 0 Å². The van der Waals surface area contributed by atoms with Crippen LogP contribution in [0.2, 0.25) is 0 Å². The first-order valence-corrected chi connectivity index (χ1v) is 12.2. The fourth-order valence-corrected chi connectivity index (χ4v) is 8.49. The van der Waals surface area contributed by atoms with Crippen LogP contribution in [0.4, 0.5) is 0 Å². The summed E-state index contributed by atoms with van der Waals surface area (Å²) in [5, 5.41) is 20.4. The summed E-state index contributed by atoms with van der Waals surface area (Å²) in [5.41, 5.74) is 1.93. The summed E-state index contributed by atoms with van der Waals surface area (Å²) < 4.78 is 0. The minimum atomic E-state index is -0.487. The summed E-state index contributed by atoms with van der Waals surface area (Å²) in [4.78, 5) is 0. The molecule has 0 radical (unpaired) electrons. The minimum Gasteiger partial charge on any atom is -0.393 e. The Bertz CT molecular complexity index is 620. The van der Waals surface area contributed by atoms with Crippen molar-refractivity contribution in [1.82, 2.24) is 0 Å². The molecule has 28 heavy (non-hydrogen) atoms. The Morgan fingerprint density at radius 2 is 1.75 bits per heavy atom. The maximum absolute atomic E-state index is 10.6. The van der Waals surface area contributed by atoms with Crippen LogP contribution in [0.25, 0.3) is 0 Å². The van der Waals surface area contributed by atoms with Gasteiger partial charge in [0.1, 0.15) is 0 Å². The Balaban J connectivity index is 1.54. The van der Waals surface area contributed by atoms with Crippen LogP contribution in [0.5, 0.6) is 0 Å². The molecule has 0 spiro atoms. The summed E-state index contributed by atoms with van der Waals surface area (Å²) in [7, 11) is 0. The number of aliphatic hydroxyl groups excluding tert-OH is 1. The fraction of sp³-hybridized carbons (Fsp3) is 0.923. The zero-order valence-corrected chi connectivity index (χ0v) is 19.0. The van der Waals surface area contributed by atoms with Crippen LogP contribution < -0.4 is 0 Å². The highest BCUT2D eigenvalue weighted by Gasteiger charge is 2.59. The molecule has 2 N–H and O–H groups in total. The zero-order valence-electron chi connectivity index (χ0n) is 19.0. The van der Waals surface area contributed by atoms with Crippen molar-refractivity contribution < 1.29 is 10.2 Å². The number of rotatable bonds is 4. The first kappa shape index (κ1) is 20.9. The van der Waals surface area contributed by atoms with E-state index < -0.39 is 5.60 Å². The SMILES string of the molecule is CC(O)CC[C@@H](C)[C@H]1CC[C@H]2[C@@H]3CC=C4CC(C)(O)CC[C@]4(C)[C@H]3CC[C@]12C. The summed E-state index contributed by atoms with van der Waals surface area (Å²) in [5.74, 6) is 4.12. The molecule has 0 amide bonds. The van der Waals surface area contributed by atoms with Gasteiger partial charge in [0, 0.05) is 0 Å². The van der Waals surface area contributed by atoms with E-state index in [9.17, 15) is 10.2 Å². The van der Waals surface area contributed by atoms with E-state index in [0.717, 1.165) is 48.9 Å². The number of hydrogen-bond acceptors (Lipinski definition) is 2. The quantitative estimate of drug-likeness (QED) is 0.570. The van der Waals surface area contributed by atoms with Gasteiger partial charge in [-0.15, -0.1) is 0 Å². The Morgan fingerprint density at radius 3 is 2.46 bits per heavy atom. The van der Waals surface area contributed by atoms with Crippen LogP contribution in [0.3, 0.4) is 0 Å². The number of fused-ring (bicyclic) bond motifs is 5. The molecule has 0 aromatic heterocycles. The van der Waals surface area contributed by atoms with E-state index in [2.05, 4.69) is 26.8 Å². The first-order valence-electron chi connectivity index (χ1n) is 12.2. The molecule has 2 unspecified atom stereocenters. The molecule has 2 heteroatoms. The van der Waals surface area contributed by atoms with E-state index in [4.69, 9.17) is 0 Å². The molecule has 0 aromatic rings. The van der Waals surface area contributed by atoms with E-state index in [1.165, 1.54) is 44.9 Å². The van der Waals surface area contributed by atoms with Gasteiger partial charge in [0.25, 0.3) is 0 Å². The second kappa shape index (κ2) is 7.12. The molecule has 0 bridgehead atoms. The second-order valence-electron chi connectivity index (χ2n) is 12.1. The van der Waals surface area contributed by atoms with Crippen LogP contribution in [-0.4, -0.2) is 21.9 Å². The Labute approximate surface area is 173 Å². The Morgan fingerprint density at radius 1 is 1.00 bits per heavy atom. The van der Waals surface area contributed by atoms with Crippen molar-refractivity contribution in [3.8, 4) is 0 Å². The van der Waals surface area contributed by atoms with E-state index in [1.54, 1.807) is 5.57 Å². The van der Waals surface area contributed by atoms with Crippen molar-refractivity contribution in [1.29, 1.82) is 0 Å². The lowest BCUT2D eigenvalue weighted by Crippen LogP contribution is -2.52. The van der Waals surface area contributed by atoms with Crippen molar-refractivity contribution >= 4 is 0 Å². The monoisotopic (exact) mass is 388 g/mol. The molecule has 3 fully saturated rings. The van der Waals surface area contributed by atoms with E-state index in [0.29, 0.717) is 10.8 Å². The smallest absolute Gasteiger partial charge is 0.0657 e. The largest absolute Gasteiger partial charge is 0.393 e. The van der Waals surface area contributed by atoms with Crippen molar-refractivity contribution in [2.45, 2.75) is 111 Å². The Kier molecular flexibility index (Phi) is 5.32. The van der Waals surface area contributed by atoms with Gasteiger partial charge < -0.3 is 10.2 Å². The van der Waals surface area contributed by atoms with Gasteiger partial charge in [0.15, 0.2) is 0 Å². The van der Waals surface area contributed by atoms with Crippen LogP contribution in [-0.2, 0) is 0 Å². The molecule has 4 rings (SSSR count). The first-order chi connectivity index (χ1) is 13.1. The number of allylic oxidation sites excluding steroid dienone is 1. The summed E-state index contributed by atoms with van der Waals surface area (Å²) in [6, 6.07) is 0. The Hall–Kier alpha value is -0.340. The predicted octanol–water partition coefficient (Wildman–Crippen LogP) is 6.11. The molecule has 0 aromatic carbocycles. The maximum Gasteiger partial charge on any atom is 0.0657 e. The molecular weight excluding hydrogens is 344 g/mol. The lowest BCUT2D eigenvalue weighted by molar-refractivity contribution is -0.0708. The van der Waals surface area contributed by atoms with Gasteiger partial charge in [0.2, 0.25) is 0 Å². The number of hydrogen-bond donors (Lipinski definition) is 2. The highest BCUT2D eigenvalue weighted by atomic mass is 16.3. The average Bonchev–Trinajstić information content (AvgIpc) is 2.97. The average molecular weight is 389 g/mol. The van der Waals surface area contributed by atoms with Crippen LogP contribution in [0, 0.1) is 40.4 Å². The van der Waals surface area contributed by atoms with Crippen LogP contribution >= 0.6 is 0 Å². The van der Waals surface area contributed by atoms with Gasteiger partial charge in [0.05, 0.1) is 11.7 Å². The molecule has 4 aliphatic carbocycles. The zero-order chi connectivity index (χ0) is 20.3. The molecule has 9 atom stereocenters. The van der Waals surface area contributed by atoms with E-state index in [1.807, 2.05) is 13.8 Å². The van der Waals surface area contributed by atoms with Crippen LogP contribution in [0.15, 0.2) is 11.6 Å². The predicted molar refractivity (Wildman–Crippen MR) is 116 cm³/mol. The van der Waals surface area contributed by atoms with Crippen molar-refractivity contribution in [3.05, 3.63) is 11.6 Å². The summed E-state index contributed by atoms with van der Waals surface area (Å²) in [6.07, 6.45) is 14.4. The van der Waals surface area contributed by atoms with Gasteiger partial charge in [-0.3, -0.25) is 0 Å². The third-order valence-corrected chi connectivity index (χ3v) is 10.2. The van der Waals surface area contributed by atoms with E-state index in [-0.39, 0.29) is 6.10 Å². The lowest BCUT2D eigenvalue weighted by Gasteiger charge is -2.59. The van der Waals surface area contributed by atoms with Gasteiger partial charge in [-0.2, -0.15) is 0 Å². The van der Waals surface area contributed by atoms with Gasteiger partial charge in [-0.25, -0.2) is 0 Å². The number of aliphatic hydroxyl groups is 2. The van der Waals surface area contributed by atoms with Gasteiger partial charge in [-0.1, -0.05) is 32.4 Å². The fourth-order valence-electron chi connectivity index (χ4n) is 8.49. The lowest BCUT2D eigenvalue weighted by atomic mass is 9.46. The molecule has 0 heterocycles. The van der Waals surface area contributed by atoms with E-state index >= 15 is 0 Å².